The molecule has 116 valence electrons. The molecule has 3 saturated heterocycles. The Hall–Kier alpha value is 0.240. The summed E-state index contributed by atoms with van der Waals surface area (Å²) in [4.78, 5) is 0. The predicted molar refractivity (Wildman–Crippen MR) is 72.3 cm³/mol. The molecular formula is C13H21BrO6. The normalized spacial score (nSPS) is 49.5. The summed E-state index contributed by atoms with van der Waals surface area (Å²) in [7, 11) is 0. The SMILES string of the molecule is CC1(C)OC[C@H]([C@H]2O[C@@H]3OC(C)(C)O[C@@H]3[C@@]2(O)CBr)O1. The summed E-state index contributed by atoms with van der Waals surface area (Å²) >= 11 is 3.36. The van der Waals surface area contributed by atoms with Crippen molar-refractivity contribution in [3.8, 4) is 0 Å². The fraction of sp³-hybridized carbons (Fsp3) is 1.00. The van der Waals surface area contributed by atoms with E-state index in [-0.39, 0.29) is 6.10 Å². The zero-order valence-corrected chi connectivity index (χ0v) is 13.7. The van der Waals surface area contributed by atoms with Gasteiger partial charge in [0.05, 0.1) is 6.61 Å². The average molecular weight is 353 g/mol. The second-order valence-electron chi connectivity index (χ2n) is 6.47. The molecule has 0 radical (unpaired) electrons. The summed E-state index contributed by atoms with van der Waals surface area (Å²) in [5.41, 5.74) is -1.22. The smallest absolute Gasteiger partial charge is 0.190 e. The van der Waals surface area contributed by atoms with E-state index >= 15 is 0 Å². The lowest BCUT2D eigenvalue weighted by Crippen LogP contribution is -2.55. The number of hydrogen-bond donors (Lipinski definition) is 1. The molecule has 20 heavy (non-hydrogen) atoms. The number of alkyl halides is 1. The van der Waals surface area contributed by atoms with Crippen molar-refractivity contribution in [2.45, 2.75) is 69.5 Å². The van der Waals surface area contributed by atoms with Gasteiger partial charge in [0, 0.05) is 5.33 Å². The second kappa shape index (κ2) is 4.62. The lowest BCUT2D eigenvalue weighted by molar-refractivity contribution is -0.244. The molecule has 3 aliphatic rings. The fourth-order valence-electron chi connectivity index (χ4n) is 3.02. The maximum absolute atomic E-state index is 11.0. The molecule has 7 heteroatoms. The van der Waals surface area contributed by atoms with Crippen molar-refractivity contribution in [3.05, 3.63) is 0 Å². The maximum atomic E-state index is 11.0. The van der Waals surface area contributed by atoms with Crippen molar-refractivity contribution in [3.63, 3.8) is 0 Å². The fourth-order valence-corrected chi connectivity index (χ4v) is 3.66. The number of halogens is 1. The summed E-state index contributed by atoms with van der Waals surface area (Å²) in [6.45, 7) is 7.65. The third-order valence-electron chi connectivity index (χ3n) is 3.91. The van der Waals surface area contributed by atoms with Crippen LogP contribution in [0.15, 0.2) is 0 Å². The van der Waals surface area contributed by atoms with Gasteiger partial charge in [0.15, 0.2) is 17.9 Å². The number of aliphatic hydroxyl groups is 1. The van der Waals surface area contributed by atoms with Gasteiger partial charge in [0.1, 0.15) is 23.9 Å². The number of hydrogen-bond acceptors (Lipinski definition) is 6. The highest BCUT2D eigenvalue weighted by Gasteiger charge is 2.65. The molecule has 3 fully saturated rings. The van der Waals surface area contributed by atoms with Gasteiger partial charge in [-0.2, -0.15) is 0 Å². The van der Waals surface area contributed by atoms with Crippen molar-refractivity contribution in [1.29, 1.82) is 0 Å². The summed E-state index contributed by atoms with van der Waals surface area (Å²) < 4.78 is 28.7. The van der Waals surface area contributed by atoms with E-state index < -0.39 is 35.7 Å². The molecule has 3 aliphatic heterocycles. The molecule has 0 aromatic rings. The van der Waals surface area contributed by atoms with E-state index in [1.807, 2.05) is 13.8 Å². The van der Waals surface area contributed by atoms with Crippen LogP contribution in [-0.4, -0.2) is 58.8 Å². The first-order valence-corrected chi connectivity index (χ1v) is 7.90. The van der Waals surface area contributed by atoms with E-state index in [4.69, 9.17) is 23.7 Å². The summed E-state index contributed by atoms with van der Waals surface area (Å²) in [6, 6.07) is 0. The molecular weight excluding hydrogens is 332 g/mol. The Bertz CT molecular complexity index is 400. The summed E-state index contributed by atoms with van der Waals surface area (Å²) in [5, 5.41) is 11.3. The van der Waals surface area contributed by atoms with Gasteiger partial charge in [-0.15, -0.1) is 0 Å². The Morgan fingerprint density at radius 2 is 1.75 bits per heavy atom. The highest BCUT2D eigenvalue weighted by atomic mass is 79.9. The lowest BCUT2D eigenvalue weighted by Gasteiger charge is -2.34. The first-order chi connectivity index (χ1) is 9.17. The zero-order chi connectivity index (χ0) is 14.8. The maximum Gasteiger partial charge on any atom is 0.190 e. The van der Waals surface area contributed by atoms with Crippen LogP contribution in [0.5, 0.6) is 0 Å². The van der Waals surface area contributed by atoms with Gasteiger partial charge in [-0.25, -0.2) is 0 Å². The summed E-state index contributed by atoms with van der Waals surface area (Å²) in [5.74, 6) is -1.43. The van der Waals surface area contributed by atoms with E-state index in [9.17, 15) is 5.11 Å². The molecule has 5 atom stereocenters. The average Bonchev–Trinajstić information content (AvgIpc) is 2.91. The highest BCUT2D eigenvalue weighted by molar-refractivity contribution is 9.09. The first-order valence-electron chi connectivity index (χ1n) is 6.78. The monoisotopic (exact) mass is 352 g/mol. The minimum atomic E-state index is -1.22. The van der Waals surface area contributed by atoms with Crippen LogP contribution in [0, 0.1) is 0 Å². The van der Waals surface area contributed by atoms with Gasteiger partial charge in [-0.05, 0) is 27.7 Å². The minimum Gasteiger partial charge on any atom is -0.383 e. The largest absolute Gasteiger partial charge is 0.383 e. The zero-order valence-electron chi connectivity index (χ0n) is 12.1. The van der Waals surface area contributed by atoms with Gasteiger partial charge >= 0.3 is 0 Å². The molecule has 0 aliphatic carbocycles. The Balaban J connectivity index is 1.81. The van der Waals surface area contributed by atoms with E-state index in [1.54, 1.807) is 13.8 Å². The molecule has 1 N–H and O–H groups in total. The van der Waals surface area contributed by atoms with E-state index in [0.717, 1.165) is 0 Å². The molecule has 6 nitrogen and oxygen atoms in total. The van der Waals surface area contributed by atoms with E-state index in [0.29, 0.717) is 11.9 Å². The molecule has 3 rings (SSSR count). The van der Waals surface area contributed by atoms with Crippen LogP contribution in [0.3, 0.4) is 0 Å². The number of rotatable bonds is 2. The van der Waals surface area contributed by atoms with Crippen molar-refractivity contribution in [2.75, 3.05) is 11.9 Å². The van der Waals surface area contributed by atoms with Crippen LogP contribution in [0.4, 0.5) is 0 Å². The van der Waals surface area contributed by atoms with Crippen LogP contribution in [-0.2, 0) is 23.7 Å². The third kappa shape index (κ3) is 2.33. The molecule has 0 aromatic carbocycles. The third-order valence-corrected chi connectivity index (χ3v) is 4.80. The van der Waals surface area contributed by atoms with Gasteiger partial charge in [0.2, 0.25) is 0 Å². The van der Waals surface area contributed by atoms with Crippen LogP contribution >= 0.6 is 15.9 Å². The second-order valence-corrected chi connectivity index (χ2v) is 7.03. The Morgan fingerprint density at radius 3 is 2.30 bits per heavy atom. The molecule has 0 spiro atoms. The highest BCUT2D eigenvalue weighted by Crippen LogP contribution is 2.46. The van der Waals surface area contributed by atoms with Crippen LogP contribution in [0.1, 0.15) is 27.7 Å². The van der Waals surface area contributed by atoms with Gasteiger partial charge in [0.25, 0.3) is 0 Å². The van der Waals surface area contributed by atoms with Crippen molar-refractivity contribution < 1.29 is 28.8 Å². The summed E-state index contributed by atoms with van der Waals surface area (Å²) in [6.07, 6.45) is -2.05. The van der Waals surface area contributed by atoms with Gasteiger partial charge < -0.3 is 28.8 Å². The van der Waals surface area contributed by atoms with Crippen LogP contribution < -0.4 is 0 Å². The van der Waals surface area contributed by atoms with E-state index in [2.05, 4.69) is 15.9 Å². The lowest BCUT2D eigenvalue weighted by atomic mass is 9.91. The number of fused-ring (bicyclic) bond motifs is 1. The van der Waals surface area contributed by atoms with Crippen molar-refractivity contribution in [1.82, 2.24) is 0 Å². The van der Waals surface area contributed by atoms with Crippen LogP contribution in [0.2, 0.25) is 0 Å². The van der Waals surface area contributed by atoms with Gasteiger partial charge in [-0.3, -0.25) is 0 Å². The van der Waals surface area contributed by atoms with E-state index in [1.165, 1.54) is 0 Å². The molecule has 0 aromatic heterocycles. The topological polar surface area (TPSA) is 66.4 Å². The Morgan fingerprint density at radius 1 is 1.05 bits per heavy atom. The van der Waals surface area contributed by atoms with Crippen LogP contribution in [0.25, 0.3) is 0 Å². The molecule has 0 unspecified atom stereocenters. The number of ether oxygens (including phenoxy) is 5. The Kier molecular flexibility index (Phi) is 3.50. The molecule has 0 saturated carbocycles. The quantitative estimate of drug-likeness (QED) is 0.751. The van der Waals surface area contributed by atoms with Crippen molar-refractivity contribution >= 4 is 15.9 Å². The van der Waals surface area contributed by atoms with Gasteiger partial charge in [-0.1, -0.05) is 15.9 Å². The minimum absolute atomic E-state index is 0.311. The Labute approximate surface area is 126 Å². The van der Waals surface area contributed by atoms with Crippen molar-refractivity contribution in [2.24, 2.45) is 0 Å². The molecule has 0 bridgehead atoms. The predicted octanol–water partition coefficient (Wildman–Crippen LogP) is 1.14. The first kappa shape index (κ1) is 15.1. The standard InChI is InChI=1S/C13H21BrO6/c1-11(2)16-5-7(18-11)8-13(15,6-14)9-10(17-8)20-12(3,4)19-9/h7-10,15H,5-6H2,1-4H3/t7-,8-,9+,10-,13-/m1/s1. The molecule has 3 heterocycles. The molecule has 0 amide bonds.